The molecular weight excluding hydrogens is 757 g/mol. The molecule has 13 rings (SSSR count). The van der Waals surface area contributed by atoms with E-state index in [-0.39, 0.29) is 0 Å². The molecule has 3 aromatic heterocycles. The topological polar surface area (TPSA) is 56.7 Å². The van der Waals surface area contributed by atoms with Crippen molar-refractivity contribution in [2.75, 3.05) is 0 Å². The summed E-state index contributed by atoms with van der Waals surface area (Å²) in [6.07, 6.45) is 0. The number of furan rings is 1. The van der Waals surface area contributed by atoms with Gasteiger partial charge in [0.25, 0.3) is 0 Å². The molecular formula is C57H34N4O. The molecule has 0 radical (unpaired) electrons. The number of hydrogen-bond acceptors (Lipinski definition) is 4. The molecule has 0 aliphatic rings. The fourth-order valence-corrected chi connectivity index (χ4v) is 9.51. The number of nitrogens with zero attached hydrogens (tertiary/aromatic N) is 4. The lowest BCUT2D eigenvalue weighted by Crippen LogP contribution is -2.02. The highest BCUT2D eigenvalue weighted by Crippen LogP contribution is 2.46. The van der Waals surface area contributed by atoms with Crippen LogP contribution in [0.4, 0.5) is 0 Å². The molecule has 0 bridgehead atoms. The first-order chi connectivity index (χ1) is 30.7. The van der Waals surface area contributed by atoms with E-state index in [2.05, 4.69) is 187 Å². The molecule has 10 aromatic carbocycles. The lowest BCUT2D eigenvalue weighted by atomic mass is 9.90. The summed E-state index contributed by atoms with van der Waals surface area (Å²) in [5, 5.41) is 11.4. The largest absolute Gasteiger partial charge is 0.456 e. The lowest BCUT2D eigenvalue weighted by Gasteiger charge is -2.18. The SMILES string of the molecule is c1ccc(-c2nc(-c3ccc4ccccc4c3)nc(-c3ccc(-n4c5ccccc5c5cc6ccccc6cc54)cc3-c3c4ccccc4cc4oc5ccccc5c34)n2)cc1. The highest BCUT2D eigenvalue weighted by Gasteiger charge is 2.24. The van der Waals surface area contributed by atoms with Crippen LogP contribution in [0.15, 0.2) is 211 Å². The van der Waals surface area contributed by atoms with E-state index in [0.29, 0.717) is 17.5 Å². The summed E-state index contributed by atoms with van der Waals surface area (Å²) < 4.78 is 9.08. The Morgan fingerprint density at radius 3 is 1.79 bits per heavy atom. The van der Waals surface area contributed by atoms with E-state index in [4.69, 9.17) is 19.4 Å². The lowest BCUT2D eigenvalue weighted by molar-refractivity contribution is 0.669. The Hall–Kier alpha value is -8.41. The Morgan fingerprint density at radius 2 is 0.968 bits per heavy atom. The number of benzene rings is 10. The summed E-state index contributed by atoms with van der Waals surface area (Å²) in [5.74, 6) is 1.81. The van der Waals surface area contributed by atoms with Crippen LogP contribution in [0.1, 0.15) is 0 Å². The molecule has 5 nitrogen and oxygen atoms in total. The van der Waals surface area contributed by atoms with Crippen molar-refractivity contribution >= 4 is 76.1 Å². The van der Waals surface area contributed by atoms with Gasteiger partial charge in [-0.25, -0.2) is 15.0 Å². The van der Waals surface area contributed by atoms with Crippen LogP contribution in [-0.2, 0) is 0 Å². The van der Waals surface area contributed by atoms with Crippen LogP contribution >= 0.6 is 0 Å². The fraction of sp³-hybridized carbons (Fsp3) is 0. The van der Waals surface area contributed by atoms with E-state index in [1.165, 1.54) is 21.5 Å². The maximum Gasteiger partial charge on any atom is 0.164 e. The van der Waals surface area contributed by atoms with Crippen molar-refractivity contribution in [2.45, 2.75) is 0 Å². The van der Waals surface area contributed by atoms with Crippen molar-refractivity contribution in [3.8, 4) is 51.0 Å². The summed E-state index contributed by atoms with van der Waals surface area (Å²) >= 11 is 0. The molecule has 0 spiro atoms. The average molecular weight is 791 g/mol. The molecule has 13 aromatic rings. The number of aromatic nitrogens is 4. The predicted molar refractivity (Wildman–Crippen MR) is 256 cm³/mol. The van der Waals surface area contributed by atoms with Crippen LogP contribution in [0, 0.1) is 0 Å². The molecule has 0 unspecified atom stereocenters. The summed E-state index contributed by atoms with van der Waals surface area (Å²) in [6, 6.07) is 72.9. The molecule has 0 saturated carbocycles. The Bertz CT molecular complexity index is 3940. The van der Waals surface area contributed by atoms with Gasteiger partial charge in [-0.15, -0.1) is 0 Å². The van der Waals surface area contributed by atoms with E-state index in [1.807, 2.05) is 24.3 Å². The third kappa shape index (κ3) is 5.38. The molecule has 288 valence electrons. The molecule has 0 aliphatic carbocycles. The third-order valence-corrected chi connectivity index (χ3v) is 12.4. The molecule has 5 heteroatoms. The van der Waals surface area contributed by atoms with Crippen LogP contribution < -0.4 is 0 Å². The molecule has 0 atom stereocenters. The smallest absolute Gasteiger partial charge is 0.164 e. The van der Waals surface area contributed by atoms with Crippen molar-refractivity contribution in [2.24, 2.45) is 0 Å². The van der Waals surface area contributed by atoms with Crippen molar-refractivity contribution in [3.63, 3.8) is 0 Å². The maximum atomic E-state index is 6.67. The van der Waals surface area contributed by atoms with Crippen LogP contribution in [0.5, 0.6) is 0 Å². The normalized spacial score (nSPS) is 11.9. The second-order valence-electron chi connectivity index (χ2n) is 16.0. The number of rotatable bonds is 5. The average Bonchev–Trinajstić information content (AvgIpc) is 3.87. The van der Waals surface area contributed by atoms with Crippen molar-refractivity contribution < 1.29 is 4.42 Å². The van der Waals surface area contributed by atoms with Gasteiger partial charge in [-0.3, -0.25) is 0 Å². The first-order valence-corrected chi connectivity index (χ1v) is 20.9. The molecule has 3 heterocycles. The Kier molecular flexibility index (Phi) is 7.54. The predicted octanol–water partition coefficient (Wildman–Crippen LogP) is 15.0. The van der Waals surface area contributed by atoms with Gasteiger partial charge in [0.2, 0.25) is 0 Å². The highest BCUT2D eigenvalue weighted by atomic mass is 16.3. The number of fused-ring (bicyclic) bond motifs is 9. The second-order valence-corrected chi connectivity index (χ2v) is 16.0. The van der Waals surface area contributed by atoms with Crippen LogP contribution in [0.2, 0.25) is 0 Å². The molecule has 0 fully saturated rings. The summed E-state index contributed by atoms with van der Waals surface area (Å²) in [6.45, 7) is 0. The van der Waals surface area contributed by atoms with Crippen molar-refractivity contribution in [3.05, 3.63) is 206 Å². The zero-order chi connectivity index (χ0) is 40.7. The zero-order valence-electron chi connectivity index (χ0n) is 33.3. The molecule has 62 heavy (non-hydrogen) atoms. The quantitative estimate of drug-likeness (QED) is 0.174. The minimum absolute atomic E-state index is 0.589. The fourth-order valence-electron chi connectivity index (χ4n) is 9.51. The van der Waals surface area contributed by atoms with Gasteiger partial charge < -0.3 is 8.98 Å². The second kappa shape index (κ2) is 13.6. The third-order valence-electron chi connectivity index (χ3n) is 12.4. The molecule has 0 saturated heterocycles. The summed E-state index contributed by atoms with van der Waals surface area (Å²) in [4.78, 5) is 15.9. The summed E-state index contributed by atoms with van der Waals surface area (Å²) in [7, 11) is 0. The Labute approximate surface area is 355 Å². The standard InChI is InChI=1S/C57H34N4O/c1-2-15-36(16-3-1)55-58-56(41-27-26-35-14-4-5-17-37(35)30-41)60-57(59-55)45-29-28-42(61-49-24-12-10-22-44(49)47-31-38-18-6-7-19-39(38)32-50(47)61)34-48(45)53-43-21-9-8-20-40(43)33-52-54(53)46-23-11-13-25-51(46)62-52/h1-34H. The van der Waals surface area contributed by atoms with E-state index < -0.39 is 0 Å². The van der Waals surface area contributed by atoms with Crippen molar-refractivity contribution in [1.29, 1.82) is 0 Å². The number of hydrogen-bond donors (Lipinski definition) is 0. The van der Waals surface area contributed by atoms with Crippen LogP contribution in [-0.4, -0.2) is 19.5 Å². The Balaban J connectivity index is 1.16. The maximum absolute atomic E-state index is 6.67. The van der Waals surface area contributed by atoms with Gasteiger partial charge in [0, 0.05) is 49.5 Å². The molecule has 0 N–H and O–H groups in total. The van der Waals surface area contributed by atoms with E-state index in [1.54, 1.807) is 0 Å². The van der Waals surface area contributed by atoms with Crippen molar-refractivity contribution in [1.82, 2.24) is 19.5 Å². The minimum atomic E-state index is 0.589. The highest BCUT2D eigenvalue weighted by molar-refractivity contribution is 6.22. The van der Waals surface area contributed by atoms with Gasteiger partial charge in [0.05, 0.1) is 11.0 Å². The van der Waals surface area contributed by atoms with E-state index in [0.717, 1.165) is 88.0 Å². The molecule has 0 amide bonds. The van der Waals surface area contributed by atoms with Gasteiger partial charge in [-0.2, -0.15) is 0 Å². The van der Waals surface area contributed by atoms with E-state index in [9.17, 15) is 0 Å². The molecule has 0 aliphatic heterocycles. The Morgan fingerprint density at radius 1 is 0.339 bits per heavy atom. The van der Waals surface area contributed by atoms with Gasteiger partial charge in [-0.05, 0) is 92.5 Å². The van der Waals surface area contributed by atoms with Crippen LogP contribution in [0.25, 0.3) is 127 Å². The van der Waals surface area contributed by atoms with E-state index >= 15 is 0 Å². The first kappa shape index (κ1) is 34.5. The number of para-hydroxylation sites is 2. The van der Waals surface area contributed by atoms with Gasteiger partial charge in [-0.1, -0.05) is 152 Å². The first-order valence-electron chi connectivity index (χ1n) is 20.9. The monoisotopic (exact) mass is 790 g/mol. The minimum Gasteiger partial charge on any atom is -0.456 e. The van der Waals surface area contributed by atoms with Gasteiger partial charge >= 0.3 is 0 Å². The summed E-state index contributed by atoms with van der Waals surface area (Å²) in [5.41, 5.74) is 9.79. The van der Waals surface area contributed by atoms with Gasteiger partial charge in [0.1, 0.15) is 11.2 Å². The van der Waals surface area contributed by atoms with Crippen LogP contribution in [0.3, 0.4) is 0 Å². The zero-order valence-corrected chi connectivity index (χ0v) is 33.3. The van der Waals surface area contributed by atoms with Gasteiger partial charge in [0.15, 0.2) is 17.5 Å².